The lowest BCUT2D eigenvalue weighted by Gasteiger charge is -2.18. The van der Waals surface area contributed by atoms with Gasteiger partial charge in [-0.1, -0.05) is 36.8 Å². The standard InChI is InChI=1S/C22H22N2O2.2C11H15NO2.2C9H11NO2.C6H11NO2/c25-22(20-13-15-24-14-5-4-8-21(20)24)23-18-9-11-19(12-10-18)26-16-17-6-2-1-3-7-17;1-2-14-11(13)9-6-8-12-7-4-3-5-10(9)12;1-2-14-11(13)9-7-10-5-3-4-6-12(10)8-9;11-9(12)7-4-6-10-5-2-1-3-8(7)10;11-9(12)7-5-8-3-1-2-4-10(8)6-7;8-6(9)5-3-1-2-4-7-5/h1-3,6-7,9-13,15H,4-5,8,14,16H2,(H,23,25);6,8H,2-5,7H2,1H3;7-8H,2-6H2,1H3;4,6H,1-3,5H2,(H,11,12);5-6H,1-4H2,(H,11,12);5,7H,1-4H2,(H,8,9). The lowest BCUT2D eigenvalue weighted by Crippen LogP contribution is -2.40. The molecule has 6 aliphatic heterocycles. The normalized spacial score (nSPS) is 15.9. The van der Waals surface area contributed by atoms with Gasteiger partial charge >= 0.3 is 29.8 Å². The molecule has 87 heavy (non-hydrogen) atoms. The van der Waals surface area contributed by atoms with Crippen molar-refractivity contribution >= 4 is 41.4 Å². The van der Waals surface area contributed by atoms with Crippen LogP contribution in [0.15, 0.2) is 116 Å². The summed E-state index contributed by atoms with van der Waals surface area (Å²) in [5.41, 5.74) is 10.8. The van der Waals surface area contributed by atoms with Crippen LogP contribution in [0, 0.1) is 0 Å². The molecule has 13 rings (SSSR count). The van der Waals surface area contributed by atoms with Gasteiger partial charge in [-0.3, -0.25) is 9.59 Å². The number of ether oxygens (including phenoxy) is 3. The van der Waals surface area contributed by atoms with Gasteiger partial charge < -0.3 is 63.0 Å². The third kappa shape index (κ3) is 18.5. The summed E-state index contributed by atoms with van der Waals surface area (Å²) in [5.74, 6) is -1.97. The molecule has 5 aromatic heterocycles. The number of rotatable bonds is 12. The Morgan fingerprint density at radius 3 is 1.52 bits per heavy atom. The number of carbonyl (C=O) groups is 6. The van der Waals surface area contributed by atoms with Crippen molar-refractivity contribution in [2.45, 2.75) is 175 Å². The summed E-state index contributed by atoms with van der Waals surface area (Å²) < 4.78 is 26.4. The Kier molecular flexibility index (Phi) is 24.3. The number of carboxylic acid groups (broad SMARTS) is 3. The van der Waals surface area contributed by atoms with E-state index < -0.39 is 17.9 Å². The number of aryl methyl sites for hydroxylation is 7. The molecule has 1 unspecified atom stereocenters. The molecule has 464 valence electrons. The topological polar surface area (TPSA) is 240 Å². The molecule has 11 heterocycles. The number of hydrogen-bond donors (Lipinski definition) is 5. The van der Waals surface area contributed by atoms with E-state index >= 15 is 0 Å². The van der Waals surface area contributed by atoms with Crippen LogP contribution in [-0.4, -0.2) is 99.7 Å². The average Bonchev–Trinajstić information content (AvgIpc) is 3.77. The van der Waals surface area contributed by atoms with Crippen molar-refractivity contribution < 1.29 is 58.3 Å². The van der Waals surface area contributed by atoms with Gasteiger partial charge in [0.15, 0.2) is 0 Å². The zero-order valence-electron chi connectivity index (χ0n) is 50.4. The molecule has 0 spiro atoms. The molecule has 0 bridgehead atoms. The van der Waals surface area contributed by atoms with E-state index in [-0.39, 0.29) is 23.9 Å². The Morgan fingerprint density at radius 1 is 0.517 bits per heavy atom. The van der Waals surface area contributed by atoms with Crippen LogP contribution in [0.2, 0.25) is 0 Å². The number of esters is 2. The van der Waals surface area contributed by atoms with Gasteiger partial charge in [-0.2, -0.15) is 0 Å². The lowest BCUT2D eigenvalue weighted by molar-refractivity contribution is -0.140. The number of fused-ring (bicyclic) bond motifs is 5. The van der Waals surface area contributed by atoms with E-state index in [1.165, 1.54) is 62.8 Å². The summed E-state index contributed by atoms with van der Waals surface area (Å²) >= 11 is 0. The summed E-state index contributed by atoms with van der Waals surface area (Å²) in [6.07, 6.45) is 29.3. The van der Waals surface area contributed by atoms with E-state index in [4.69, 9.17) is 29.5 Å². The highest BCUT2D eigenvalue weighted by Gasteiger charge is 2.23. The summed E-state index contributed by atoms with van der Waals surface area (Å²) in [6, 6.07) is 26.5. The van der Waals surface area contributed by atoms with Crippen LogP contribution in [-0.2, 0) is 85.7 Å². The predicted molar refractivity (Wildman–Crippen MR) is 331 cm³/mol. The minimum absolute atomic E-state index is 0.0430. The fraction of sp³-hybridized carbons (Fsp3) is 0.441. The minimum Gasteiger partial charge on any atom is -0.489 e. The fourth-order valence-corrected chi connectivity index (χ4v) is 11.7. The molecule has 1 fully saturated rings. The summed E-state index contributed by atoms with van der Waals surface area (Å²) in [6.45, 7) is 11.0. The van der Waals surface area contributed by atoms with Crippen LogP contribution >= 0.6 is 0 Å². The molecule has 1 saturated heterocycles. The summed E-state index contributed by atoms with van der Waals surface area (Å²) in [5, 5.41) is 31.9. The second-order valence-electron chi connectivity index (χ2n) is 22.4. The smallest absolute Gasteiger partial charge is 0.339 e. The van der Waals surface area contributed by atoms with Crippen molar-refractivity contribution in [2.75, 3.05) is 25.1 Å². The number of carbonyl (C=O) groups excluding carboxylic acids is 3. The zero-order chi connectivity index (χ0) is 61.5. The van der Waals surface area contributed by atoms with Crippen molar-refractivity contribution in [3.63, 3.8) is 0 Å². The highest BCUT2D eigenvalue weighted by Crippen LogP contribution is 2.25. The van der Waals surface area contributed by atoms with Crippen LogP contribution in [0.25, 0.3) is 0 Å². The molecule has 0 radical (unpaired) electrons. The number of aromatic nitrogens is 5. The largest absolute Gasteiger partial charge is 0.489 e. The number of anilines is 1. The van der Waals surface area contributed by atoms with Gasteiger partial charge in [0.2, 0.25) is 0 Å². The van der Waals surface area contributed by atoms with E-state index in [1.807, 2.05) is 121 Å². The number of aromatic carboxylic acids is 2. The molecule has 7 aromatic rings. The van der Waals surface area contributed by atoms with Gasteiger partial charge in [-0.15, -0.1) is 0 Å². The van der Waals surface area contributed by atoms with Crippen molar-refractivity contribution in [3.8, 4) is 5.75 Å². The van der Waals surface area contributed by atoms with Crippen LogP contribution in [0.1, 0.15) is 183 Å². The zero-order valence-corrected chi connectivity index (χ0v) is 50.4. The second-order valence-corrected chi connectivity index (χ2v) is 22.4. The summed E-state index contributed by atoms with van der Waals surface area (Å²) in [4.78, 5) is 67.2. The van der Waals surface area contributed by atoms with Gasteiger partial charge in [0.05, 0.1) is 41.0 Å². The Bertz CT molecular complexity index is 3320. The van der Waals surface area contributed by atoms with E-state index in [0.717, 1.165) is 149 Å². The Balaban J connectivity index is 0.000000141. The molecular formula is C68H85N7O12. The first-order chi connectivity index (χ1) is 42.3. The molecule has 1 amide bonds. The monoisotopic (exact) mass is 1190 g/mol. The molecule has 0 aliphatic carbocycles. The SMILES string of the molecule is CCOC(=O)c1cc2n(c1)CCCC2.CCOC(=O)c1ccn2c1CCCC2.O=C(Nc1ccc(OCc2ccccc2)cc1)c1ccn2c1CCCC2.O=C(O)C1CCCCN1.O=C(O)c1cc2n(c1)CCCC2.O=C(O)c1ccn2c1CCCC2. The number of nitrogens with one attached hydrogen (secondary N) is 2. The van der Waals surface area contributed by atoms with Crippen molar-refractivity contribution in [3.05, 3.63) is 178 Å². The fourth-order valence-electron chi connectivity index (χ4n) is 11.7. The highest BCUT2D eigenvalue weighted by molar-refractivity contribution is 6.05. The van der Waals surface area contributed by atoms with E-state index in [1.54, 1.807) is 18.3 Å². The maximum absolute atomic E-state index is 12.6. The molecule has 0 saturated carbocycles. The molecule has 1 atom stereocenters. The van der Waals surface area contributed by atoms with E-state index in [2.05, 4.69) is 24.3 Å². The van der Waals surface area contributed by atoms with Gasteiger partial charge in [-0.25, -0.2) is 19.2 Å². The van der Waals surface area contributed by atoms with Crippen LogP contribution in [0.5, 0.6) is 5.75 Å². The second kappa shape index (κ2) is 32.8. The highest BCUT2D eigenvalue weighted by atomic mass is 16.5. The number of nitrogens with zero attached hydrogens (tertiary/aromatic N) is 5. The first-order valence-electron chi connectivity index (χ1n) is 31.1. The quantitative estimate of drug-likeness (QED) is 0.0716. The van der Waals surface area contributed by atoms with Crippen LogP contribution in [0.3, 0.4) is 0 Å². The van der Waals surface area contributed by atoms with Gasteiger partial charge in [0, 0.05) is 97.9 Å². The molecule has 5 N–H and O–H groups in total. The van der Waals surface area contributed by atoms with Crippen molar-refractivity contribution in [2.24, 2.45) is 0 Å². The number of hydrogen-bond acceptors (Lipinski definition) is 10. The van der Waals surface area contributed by atoms with E-state index in [9.17, 15) is 28.8 Å². The molecular weight excluding hydrogens is 1110 g/mol. The maximum atomic E-state index is 12.6. The first kappa shape index (κ1) is 64.4. The Morgan fingerprint density at radius 2 is 1.01 bits per heavy atom. The van der Waals surface area contributed by atoms with Crippen LogP contribution in [0.4, 0.5) is 5.69 Å². The molecule has 19 nitrogen and oxygen atoms in total. The lowest BCUT2D eigenvalue weighted by atomic mass is 10.1. The van der Waals surface area contributed by atoms with Crippen molar-refractivity contribution in [1.29, 1.82) is 0 Å². The van der Waals surface area contributed by atoms with Crippen molar-refractivity contribution in [1.82, 2.24) is 28.2 Å². The number of aliphatic carboxylic acids is 1. The Labute approximate surface area is 509 Å². The third-order valence-corrected chi connectivity index (χ3v) is 16.3. The molecule has 19 heteroatoms. The third-order valence-electron chi connectivity index (χ3n) is 16.3. The number of amides is 1. The number of carboxylic acids is 3. The van der Waals surface area contributed by atoms with E-state index in [0.29, 0.717) is 36.5 Å². The molecule has 2 aromatic carbocycles. The van der Waals surface area contributed by atoms with Gasteiger partial charge in [-0.05, 0) is 190 Å². The number of piperidine rings is 1. The average molecular weight is 1190 g/mol. The minimum atomic E-state index is -0.822. The maximum Gasteiger partial charge on any atom is 0.339 e. The Hall–Kier alpha value is -8.58. The summed E-state index contributed by atoms with van der Waals surface area (Å²) in [7, 11) is 0. The van der Waals surface area contributed by atoms with Gasteiger partial charge in [0.1, 0.15) is 18.4 Å². The van der Waals surface area contributed by atoms with Crippen LogP contribution < -0.4 is 15.4 Å². The molecule has 6 aliphatic rings. The predicted octanol–water partition coefficient (Wildman–Crippen LogP) is 11.9. The number of benzene rings is 2. The van der Waals surface area contributed by atoms with Gasteiger partial charge in [0.25, 0.3) is 5.91 Å². The first-order valence-corrected chi connectivity index (χ1v) is 31.1.